The zero-order valence-electron chi connectivity index (χ0n) is 13.1. The predicted molar refractivity (Wildman–Crippen MR) is 88.2 cm³/mol. The molecule has 5 nitrogen and oxygen atoms in total. The van der Waals surface area contributed by atoms with Crippen LogP contribution in [0.15, 0.2) is 66.1 Å². The Balaban J connectivity index is 1.65. The summed E-state index contributed by atoms with van der Waals surface area (Å²) in [7, 11) is -3.92. The van der Waals surface area contributed by atoms with Crippen LogP contribution in [0, 0.1) is 11.6 Å². The summed E-state index contributed by atoms with van der Waals surface area (Å²) in [6.45, 7) is 0.716. The van der Waals surface area contributed by atoms with Crippen LogP contribution in [-0.4, -0.2) is 18.0 Å². The van der Waals surface area contributed by atoms with E-state index in [2.05, 4.69) is 9.71 Å². The molecule has 0 radical (unpaired) electrons. The van der Waals surface area contributed by atoms with Crippen molar-refractivity contribution in [1.82, 2.24) is 14.3 Å². The third kappa shape index (κ3) is 4.28. The highest BCUT2D eigenvalue weighted by atomic mass is 32.2. The standard InChI is InChI=1S/C17H15F2N3O2S/c18-16-6-5-15(9-17(16)19)25(23,24)21-10-13-1-3-14(4-2-13)11-22-8-7-20-12-22/h1-9,12,21H,10-11H2. The van der Waals surface area contributed by atoms with Crippen molar-refractivity contribution < 1.29 is 17.2 Å². The number of rotatable bonds is 6. The minimum atomic E-state index is -3.92. The van der Waals surface area contributed by atoms with Gasteiger partial charge in [-0.15, -0.1) is 0 Å². The minimum Gasteiger partial charge on any atom is -0.333 e. The lowest BCUT2D eigenvalue weighted by atomic mass is 10.1. The third-order valence-corrected chi connectivity index (χ3v) is 5.01. The fourth-order valence-corrected chi connectivity index (χ4v) is 3.29. The van der Waals surface area contributed by atoms with Crippen molar-refractivity contribution in [2.75, 3.05) is 0 Å². The molecule has 1 heterocycles. The maximum atomic E-state index is 13.2. The second-order valence-corrected chi connectivity index (χ2v) is 7.22. The van der Waals surface area contributed by atoms with E-state index in [0.29, 0.717) is 12.6 Å². The maximum absolute atomic E-state index is 13.2. The van der Waals surface area contributed by atoms with E-state index < -0.39 is 21.7 Å². The molecule has 25 heavy (non-hydrogen) atoms. The second-order valence-electron chi connectivity index (χ2n) is 5.45. The number of nitrogens with zero attached hydrogens (tertiary/aromatic N) is 2. The van der Waals surface area contributed by atoms with Crippen molar-refractivity contribution in [3.8, 4) is 0 Å². The Kier molecular flexibility index (Phi) is 4.91. The first-order valence-electron chi connectivity index (χ1n) is 7.42. The molecule has 0 saturated carbocycles. The molecule has 8 heteroatoms. The Morgan fingerprint density at radius 1 is 1.00 bits per heavy atom. The summed E-state index contributed by atoms with van der Waals surface area (Å²) >= 11 is 0. The summed E-state index contributed by atoms with van der Waals surface area (Å²) in [6, 6.07) is 9.86. The van der Waals surface area contributed by atoms with Crippen molar-refractivity contribution >= 4 is 10.0 Å². The average molecular weight is 363 g/mol. The van der Waals surface area contributed by atoms with Crippen molar-refractivity contribution in [3.05, 3.63) is 83.9 Å². The molecule has 0 aliphatic carbocycles. The first kappa shape index (κ1) is 17.2. The lowest BCUT2D eigenvalue weighted by Gasteiger charge is -2.08. The van der Waals surface area contributed by atoms with E-state index in [1.807, 2.05) is 22.9 Å². The van der Waals surface area contributed by atoms with Gasteiger partial charge < -0.3 is 4.57 Å². The quantitative estimate of drug-likeness (QED) is 0.732. The molecule has 1 N–H and O–H groups in total. The number of sulfonamides is 1. The minimum absolute atomic E-state index is 0.0483. The molecule has 0 atom stereocenters. The van der Waals surface area contributed by atoms with Gasteiger partial charge in [-0.25, -0.2) is 26.9 Å². The van der Waals surface area contributed by atoms with Gasteiger partial charge in [-0.3, -0.25) is 0 Å². The largest absolute Gasteiger partial charge is 0.333 e. The first-order valence-corrected chi connectivity index (χ1v) is 8.91. The molecule has 0 saturated heterocycles. The van der Waals surface area contributed by atoms with E-state index >= 15 is 0 Å². The summed E-state index contributed by atoms with van der Waals surface area (Å²) in [4.78, 5) is 3.65. The highest BCUT2D eigenvalue weighted by Crippen LogP contribution is 2.14. The molecule has 0 bridgehead atoms. The fourth-order valence-electron chi connectivity index (χ4n) is 2.26. The van der Waals surface area contributed by atoms with E-state index in [9.17, 15) is 17.2 Å². The second kappa shape index (κ2) is 7.12. The van der Waals surface area contributed by atoms with Crippen molar-refractivity contribution in [3.63, 3.8) is 0 Å². The Hall–Kier alpha value is -2.58. The number of hydrogen-bond acceptors (Lipinski definition) is 3. The Morgan fingerprint density at radius 3 is 2.36 bits per heavy atom. The zero-order valence-corrected chi connectivity index (χ0v) is 13.9. The van der Waals surface area contributed by atoms with Gasteiger partial charge in [0.25, 0.3) is 0 Å². The summed E-state index contributed by atoms with van der Waals surface area (Å²) in [5.74, 6) is -2.29. The highest BCUT2D eigenvalue weighted by Gasteiger charge is 2.16. The summed E-state index contributed by atoms with van der Waals surface area (Å²) in [6.07, 6.45) is 5.26. The van der Waals surface area contributed by atoms with E-state index in [1.54, 1.807) is 24.7 Å². The molecule has 130 valence electrons. The SMILES string of the molecule is O=S(=O)(NCc1ccc(Cn2ccnc2)cc1)c1ccc(F)c(F)c1. The van der Waals surface area contributed by atoms with Gasteiger partial charge >= 0.3 is 0 Å². The molecular formula is C17H15F2N3O2S. The molecule has 0 aliphatic heterocycles. The van der Waals surface area contributed by atoms with Crippen LogP contribution in [-0.2, 0) is 23.1 Å². The van der Waals surface area contributed by atoms with Crippen LogP contribution in [0.5, 0.6) is 0 Å². The predicted octanol–water partition coefficient (Wildman–Crippen LogP) is 2.69. The van der Waals surface area contributed by atoms with Gasteiger partial charge in [-0.05, 0) is 29.3 Å². The molecular weight excluding hydrogens is 348 g/mol. The fraction of sp³-hybridized carbons (Fsp3) is 0.118. The first-order chi connectivity index (χ1) is 11.9. The smallest absolute Gasteiger partial charge is 0.240 e. The van der Waals surface area contributed by atoms with E-state index in [-0.39, 0.29) is 11.4 Å². The number of imidazole rings is 1. The van der Waals surface area contributed by atoms with Crippen LogP contribution in [0.2, 0.25) is 0 Å². The number of halogens is 2. The van der Waals surface area contributed by atoms with Crippen LogP contribution >= 0.6 is 0 Å². The van der Waals surface area contributed by atoms with Gasteiger partial charge in [0.05, 0.1) is 11.2 Å². The van der Waals surface area contributed by atoms with Gasteiger partial charge in [-0.2, -0.15) is 0 Å². The average Bonchev–Trinajstić information content (AvgIpc) is 3.10. The van der Waals surface area contributed by atoms with Gasteiger partial charge in [0.1, 0.15) is 0 Å². The van der Waals surface area contributed by atoms with Crippen LogP contribution in [0.1, 0.15) is 11.1 Å². The van der Waals surface area contributed by atoms with Gasteiger partial charge in [0.2, 0.25) is 10.0 Å². The molecule has 1 aromatic heterocycles. The maximum Gasteiger partial charge on any atom is 0.240 e. The molecule has 2 aromatic carbocycles. The van der Waals surface area contributed by atoms with Crippen molar-refractivity contribution in [2.24, 2.45) is 0 Å². The topological polar surface area (TPSA) is 64.0 Å². The van der Waals surface area contributed by atoms with Crippen LogP contribution in [0.3, 0.4) is 0 Å². The molecule has 0 amide bonds. The Labute approximate surface area is 144 Å². The third-order valence-electron chi connectivity index (χ3n) is 3.61. The summed E-state index contributed by atoms with van der Waals surface area (Å²) in [5, 5.41) is 0. The number of aromatic nitrogens is 2. The van der Waals surface area contributed by atoms with Crippen LogP contribution in [0.4, 0.5) is 8.78 Å². The Morgan fingerprint density at radius 2 is 1.72 bits per heavy atom. The van der Waals surface area contributed by atoms with E-state index in [1.165, 1.54) is 0 Å². The van der Waals surface area contributed by atoms with E-state index in [4.69, 9.17) is 0 Å². The normalized spacial score (nSPS) is 11.6. The molecule has 3 rings (SSSR count). The van der Waals surface area contributed by atoms with Crippen LogP contribution in [0.25, 0.3) is 0 Å². The van der Waals surface area contributed by atoms with Gasteiger partial charge in [-0.1, -0.05) is 24.3 Å². The monoisotopic (exact) mass is 363 g/mol. The molecule has 3 aromatic rings. The lowest BCUT2D eigenvalue weighted by Crippen LogP contribution is -2.23. The molecule has 0 aliphatic rings. The number of hydrogen-bond donors (Lipinski definition) is 1. The van der Waals surface area contributed by atoms with E-state index in [0.717, 1.165) is 23.3 Å². The Bertz CT molecular complexity index is 956. The lowest BCUT2D eigenvalue weighted by molar-refractivity contribution is 0.504. The number of nitrogens with one attached hydrogen (secondary N) is 1. The van der Waals surface area contributed by atoms with Gasteiger partial charge in [0, 0.05) is 25.5 Å². The van der Waals surface area contributed by atoms with Gasteiger partial charge in [0.15, 0.2) is 11.6 Å². The van der Waals surface area contributed by atoms with Crippen molar-refractivity contribution in [1.29, 1.82) is 0 Å². The molecule has 0 spiro atoms. The molecule has 0 fully saturated rings. The number of benzene rings is 2. The summed E-state index contributed by atoms with van der Waals surface area (Å²) in [5.41, 5.74) is 1.80. The zero-order chi connectivity index (χ0) is 17.9. The van der Waals surface area contributed by atoms with Crippen molar-refractivity contribution in [2.45, 2.75) is 18.0 Å². The summed E-state index contributed by atoms with van der Waals surface area (Å²) < 4.78 is 54.7. The molecule has 0 unspecified atom stereocenters. The highest BCUT2D eigenvalue weighted by molar-refractivity contribution is 7.89. The van der Waals surface area contributed by atoms with Crippen LogP contribution < -0.4 is 4.72 Å².